The van der Waals surface area contributed by atoms with E-state index in [9.17, 15) is 18.3 Å². The van der Waals surface area contributed by atoms with E-state index in [1.807, 2.05) is 0 Å². The van der Waals surface area contributed by atoms with Crippen molar-refractivity contribution in [1.82, 2.24) is 14.5 Å². The van der Waals surface area contributed by atoms with Gasteiger partial charge in [-0.05, 0) is 26.2 Å². The number of carbonyl (C=O) groups excluding carboxylic acids is 1. The van der Waals surface area contributed by atoms with E-state index in [1.165, 1.54) is 11.2 Å². The maximum atomic E-state index is 12.5. The molecule has 2 N–H and O–H groups in total. The Balaban J connectivity index is 2.17. The number of sulfonamides is 1. The largest absolute Gasteiger partial charge is 0.390 e. The predicted octanol–water partition coefficient (Wildman–Crippen LogP) is 0.422. The van der Waals surface area contributed by atoms with Gasteiger partial charge in [0, 0.05) is 20.0 Å². The Bertz CT molecular complexity index is 626. The second kappa shape index (κ2) is 5.95. The lowest BCUT2D eigenvalue weighted by molar-refractivity contribution is -0.114. The number of hydrogen-bond donors (Lipinski definition) is 2. The molecular weight excluding hydrogens is 316 g/mol. The molecule has 21 heavy (non-hydrogen) atoms. The summed E-state index contributed by atoms with van der Waals surface area (Å²) in [4.78, 5) is 10.9. The summed E-state index contributed by atoms with van der Waals surface area (Å²) in [5.41, 5.74) is -0.841. The van der Waals surface area contributed by atoms with Crippen LogP contribution in [0.5, 0.6) is 0 Å². The molecule has 1 aromatic rings. The van der Waals surface area contributed by atoms with Gasteiger partial charge in [-0.3, -0.25) is 4.79 Å². The third-order valence-electron chi connectivity index (χ3n) is 3.27. The average Bonchev–Trinajstić information content (AvgIpc) is 2.73. The van der Waals surface area contributed by atoms with Crippen LogP contribution in [0.15, 0.2) is 4.34 Å². The molecule has 0 saturated carbocycles. The quantitative estimate of drug-likeness (QED) is 0.775. The van der Waals surface area contributed by atoms with Crippen LogP contribution in [-0.4, -0.2) is 52.6 Å². The molecule has 1 amide bonds. The van der Waals surface area contributed by atoms with Crippen LogP contribution in [-0.2, 0) is 14.8 Å². The summed E-state index contributed by atoms with van der Waals surface area (Å²) in [7, 11) is -3.73. The molecule has 1 aromatic heterocycles. The van der Waals surface area contributed by atoms with E-state index in [0.29, 0.717) is 25.8 Å². The molecule has 10 heteroatoms. The van der Waals surface area contributed by atoms with Gasteiger partial charge in [0.15, 0.2) is 0 Å². The van der Waals surface area contributed by atoms with Crippen molar-refractivity contribution in [1.29, 1.82) is 0 Å². The molecule has 118 valence electrons. The Morgan fingerprint density at radius 2 is 2.10 bits per heavy atom. The van der Waals surface area contributed by atoms with Crippen molar-refractivity contribution in [3.8, 4) is 0 Å². The fraction of sp³-hybridized carbons (Fsp3) is 0.727. The topological polar surface area (TPSA) is 112 Å². The third kappa shape index (κ3) is 3.96. The summed E-state index contributed by atoms with van der Waals surface area (Å²) in [6, 6.07) is 0. The summed E-state index contributed by atoms with van der Waals surface area (Å²) < 4.78 is 26.1. The van der Waals surface area contributed by atoms with Gasteiger partial charge >= 0.3 is 0 Å². The zero-order valence-corrected chi connectivity index (χ0v) is 13.5. The van der Waals surface area contributed by atoms with E-state index in [4.69, 9.17) is 0 Å². The summed E-state index contributed by atoms with van der Waals surface area (Å²) in [6.07, 6.45) is 1.53. The molecular formula is C11H18N4O4S2. The summed E-state index contributed by atoms with van der Waals surface area (Å²) in [5.74, 6) is -0.332. The Kier molecular flexibility index (Phi) is 4.61. The molecule has 1 aliphatic heterocycles. The lowest BCUT2D eigenvalue weighted by Crippen LogP contribution is -2.33. The zero-order valence-electron chi connectivity index (χ0n) is 11.9. The molecule has 0 spiro atoms. The molecule has 1 aliphatic rings. The van der Waals surface area contributed by atoms with Crippen LogP contribution >= 0.6 is 11.3 Å². The van der Waals surface area contributed by atoms with Crippen molar-refractivity contribution in [2.45, 2.75) is 43.1 Å². The number of hydrogen-bond acceptors (Lipinski definition) is 7. The standard InChI is InChI=1S/C11H18N4O4S2/c1-8(16)12-9-13-14-10(20-9)21(18,19)15-6-3-4-11(2,17)5-7-15/h17H,3-7H2,1-2H3,(H,12,13,16). The fourth-order valence-corrected chi connectivity index (χ4v) is 4.67. The number of rotatable bonds is 3. The molecule has 1 saturated heterocycles. The first-order chi connectivity index (χ1) is 9.71. The molecule has 2 heterocycles. The maximum absolute atomic E-state index is 12.5. The van der Waals surface area contributed by atoms with Crippen LogP contribution < -0.4 is 5.32 Å². The Labute approximate surface area is 127 Å². The van der Waals surface area contributed by atoms with Gasteiger partial charge in [-0.2, -0.15) is 4.31 Å². The third-order valence-corrected chi connectivity index (χ3v) is 6.36. The highest BCUT2D eigenvalue weighted by atomic mass is 32.2. The van der Waals surface area contributed by atoms with Crippen molar-refractivity contribution in [2.75, 3.05) is 18.4 Å². The van der Waals surface area contributed by atoms with E-state index in [-0.39, 0.29) is 21.9 Å². The van der Waals surface area contributed by atoms with Gasteiger partial charge in [-0.1, -0.05) is 11.3 Å². The molecule has 2 rings (SSSR count). The predicted molar refractivity (Wildman–Crippen MR) is 77.4 cm³/mol. The molecule has 8 nitrogen and oxygen atoms in total. The second-order valence-corrected chi connectivity index (χ2v) is 8.40. The smallest absolute Gasteiger partial charge is 0.272 e. The molecule has 0 bridgehead atoms. The number of amides is 1. The van der Waals surface area contributed by atoms with Crippen LogP contribution in [0.3, 0.4) is 0 Å². The highest BCUT2D eigenvalue weighted by Gasteiger charge is 2.33. The van der Waals surface area contributed by atoms with Gasteiger partial charge in [-0.25, -0.2) is 8.42 Å². The van der Waals surface area contributed by atoms with Crippen molar-refractivity contribution in [3.63, 3.8) is 0 Å². The Morgan fingerprint density at radius 1 is 1.38 bits per heavy atom. The number of aliphatic hydroxyl groups is 1. The minimum absolute atomic E-state index is 0.146. The lowest BCUT2D eigenvalue weighted by Gasteiger charge is -2.21. The molecule has 1 fully saturated rings. The zero-order chi connectivity index (χ0) is 15.7. The van der Waals surface area contributed by atoms with Crippen molar-refractivity contribution in [2.24, 2.45) is 0 Å². The van der Waals surface area contributed by atoms with Gasteiger partial charge in [-0.15, -0.1) is 10.2 Å². The van der Waals surface area contributed by atoms with Crippen LogP contribution in [0.1, 0.15) is 33.1 Å². The van der Waals surface area contributed by atoms with E-state index in [2.05, 4.69) is 15.5 Å². The lowest BCUT2D eigenvalue weighted by atomic mass is 9.98. The van der Waals surface area contributed by atoms with E-state index in [1.54, 1.807) is 6.92 Å². The van der Waals surface area contributed by atoms with Crippen LogP contribution in [0.4, 0.5) is 5.13 Å². The molecule has 1 unspecified atom stereocenters. The van der Waals surface area contributed by atoms with Crippen molar-refractivity contribution in [3.05, 3.63) is 0 Å². The van der Waals surface area contributed by atoms with E-state index >= 15 is 0 Å². The Morgan fingerprint density at radius 3 is 2.76 bits per heavy atom. The van der Waals surface area contributed by atoms with Gasteiger partial charge < -0.3 is 10.4 Å². The normalized spacial score (nSPS) is 24.5. The second-order valence-electron chi connectivity index (χ2n) is 5.31. The molecule has 0 radical (unpaired) electrons. The number of nitrogens with zero attached hydrogens (tertiary/aromatic N) is 3. The van der Waals surface area contributed by atoms with Crippen molar-refractivity contribution >= 4 is 32.4 Å². The highest BCUT2D eigenvalue weighted by Crippen LogP contribution is 2.28. The number of carbonyl (C=O) groups is 1. The van der Waals surface area contributed by atoms with Gasteiger partial charge in [0.2, 0.25) is 15.4 Å². The summed E-state index contributed by atoms with van der Waals surface area (Å²) in [5, 5.41) is 19.9. The summed E-state index contributed by atoms with van der Waals surface area (Å²) >= 11 is 0.822. The van der Waals surface area contributed by atoms with E-state index in [0.717, 1.165) is 11.3 Å². The van der Waals surface area contributed by atoms with Gasteiger partial charge in [0.25, 0.3) is 10.0 Å². The van der Waals surface area contributed by atoms with E-state index < -0.39 is 15.6 Å². The number of anilines is 1. The maximum Gasteiger partial charge on any atom is 0.272 e. The van der Waals surface area contributed by atoms with Crippen LogP contribution in [0, 0.1) is 0 Å². The Hall–Kier alpha value is -1.10. The summed E-state index contributed by atoms with van der Waals surface area (Å²) in [6.45, 7) is 3.60. The highest BCUT2D eigenvalue weighted by molar-refractivity contribution is 7.91. The average molecular weight is 334 g/mol. The molecule has 1 atom stereocenters. The minimum Gasteiger partial charge on any atom is -0.390 e. The number of nitrogens with one attached hydrogen (secondary N) is 1. The first kappa shape index (κ1) is 16.3. The first-order valence-corrected chi connectivity index (χ1v) is 8.80. The van der Waals surface area contributed by atoms with Gasteiger partial charge in [0.1, 0.15) is 0 Å². The number of aromatic nitrogens is 2. The molecule has 0 aliphatic carbocycles. The van der Waals surface area contributed by atoms with Crippen LogP contribution in [0.25, 0.3) is 0 Å². The minimum atomic E-state index is -3.73. The SMILES string of the molecule is CC(=O)Nc1nnc(S(=O)(=O)N2CCCC(C)(O)CC2)s1. The van der Waals surface area contributed by atoms with Gasteiger partial charge in [0.05, 0.1) is 5.60 Å². The fourth-order valence-electron chi connectivity index (χ4n) is 2.10. The van der Waals surface area contributed by atoms with Crippen LogP contribution in [0.2, 0.25) is 0 Å². The van der Waals surface area contributed by atoms with Crippen molar-refractivity contribution < 1.29 is 18.3 Å². The first-order valence-electron chi connectivity index (χ1n) is 6.54. The molecule has 0 aromatic carbocycles. The monoisotopic (exact) mass is 334 g/mol.